The Labute approximate surface area is 136 Å². The summed E-state index contributed by atoms with van der Waals surface area (Å²) in [6, 6.07) is 0. The molecule has 0 radical (unpaired) electrons. The van der Waals surface area contributed by atoms with E-state index in [2.05, 4.69) is 0 Å². The molecule has 0 fully saturated rings. The van der Waals surface area contributed by atoms with Gasteiger partial charge >= 0.3 is 17.9 Å². The summed E-state index contributed by atoms with van der Waals surface area (Å²) in [5, 5.41) is 26.6. The zero-order valence-electron chi connectivity index (χ0n) is 13.8. The van der Waals surface area contributed by atoms with Crippen LogP contribution < -0.4 is 0 Å². The molecule has 0 amide bonds. The third kappa shape index (κ3) is 11.5. The van der Waals surface area contributed by atoms with E-state index in [4.69, 9.17) is 15.3 Å². The molecular formula is C14H27N3O6. The first-order valence-corrected chi connectivity index (χ1v) is 7.60. The number of carboxylic acid groups (broad SMARTS) is 3. The highest BCUT2D eigenvalue weighted by atomic mass is 16.4. The highest BCUT2D eigenvalue weighted by molar-refractivity contribution is 5.69. The Balaban J connectivity index is 4.47. The Kier molecular flexibility index (Phi) is 10.9. The Morgan fingerprint density at radius 1 is 0.609 bits per heavy atom. The number of hydrogen-bond donors (Lipinski definition) is 3. The Morgan fingerprint density at radius 3 is 1.13 bits per heavy atom. The largest absolute Gasteiger partial charge is 0.480 e. The summed E-state index contributed by atoms with van der Waals surface area (Å²) in [6.07, 6.45) is 0. The van der Waals surface area contributed by atoms with Gasteiger partial charge in [-0.2, -0.15) is 0 Å². The van der Waals surface area contributed by atoms with E-state index in [1.54, 1.807) is 14.7 Å². The van der Waals surface area contributed by atoms with Crippen LogP contribution in [0.4, 0.5) is 0 Å². The van der Waals surface area contributed by atoms with Gasteiger partial charge in [-0.05, 0) is 13.1 Å². The van der Waals surface area contributed by atoms with Gasteiger partial charge in [0.25, 0.3) is 0 Å². The number of carboxylic acids is 3. The molecule has 0 aromatic rings. The van der Waals surface area contributed by atoms with E-state index in [0.717, 1.165) is 0 Å². The first kappa shape index (κ1) is 21.3. The summed E-state index contributed by atoms with van der Waals surface area (Å²) in [7, 11) is 0. The van der Waals surface area contributed by atoms with Gasteiger partial charge in [0.2, 0.25) is 0 Å². The lowest BCUT2D eigenvalue weighted by Gasteiger charge is -2.27. The molecule has 0 heterocycles. The predicted molar refractivity (Wildman–Crippen MR) is 83.6 cm³/mol. The van der Waals surface area contributed by atoms with E-state index >= 15 is 0 Å². The lowest BCUT2D eigenvalue weighted by atomic mass is 10.3. The summed E-state index contributed by atoms with van der Waals surface area (Å²) >= 11 is 0. The molecule has 0 spiro atoms. The van der Waals surface area contributed by atoms with Crippen molar-refractivity contribution < 1.29 is 29.7 Å². The lowest BCUT2D eigenvalue weighted by molar-refractivity contribution is -0.140. The van der Waals surface area contributed by atoms with Crippen LogP contribution in [0.5, 0.6) is 0 Å². The smallest absolute Gasteiger partial charge is 0.317 e. The van der Waals surface area contributed by atoms with Crippen molar-refractivity contribution in [2.75, 3.05) is 58.9 Å². The van der Waals surface area contributed by atoms with Gasteiger partial charge in [0, 0.05) is 26.2 Å². The Morgan fingerprint density at radius 2 is 0.870 bits per heavy atom. The summed E-state index contributed by atoms with van der Waals surface area (Å²) in [5.41, 5.74) is 0. The van der Waals surface area contributed by atoms with E-state index in [9.17, 15) is 14.4 Å². The van der Waals surface area contributed by atoms with E-state index in [1.807, 2.05) is 13.8 Å². The molecule has 9 nitrogen and oxygen atoms in total. The summed E-state index contributed by atoms with van der Waals surface area (Å²) in [5.74, 6) is -2.81. The zero-order valence-corrected chi connectivity index (χ0v) is 13.8. The molecule has 0 aliphatic carbocycles. The van der Waals surface area contributed by atoms with Gasteiger partial charge in [0.1, 0.15) is 0 Å². The minimum absolute atomic E-state index is 0.0858. The summed E-state index contributed by atoms with van der Waals surface area (Å²) < 4.78 is 0. The van der Waals surface area contributed by atoms with Crippen LogP contribution in [0.2, 0.25) is 0 Å². The van der Waals surface area contributed by atoms with E-state index in [-0.39, 0.29) is 19.6 Å². The minimum atomic E-state index is -0.965. The molecular weight excluding hydrogens is 306 g/mol. The fourth-order valence-corrected chi connectivity index (χ4v) is 2.11. The predicted octanol–water partition coefficient (Wildman–Crippen LogP) is -0.814. The first-order chi connectivity index (χ1) is 10.8. The number of nitrogens with zero attached hydrogens (tertiary/aromatic N) is 3. The van der Waals surface area contributed by atoms with Crippen molar-refractivity contribution in [2.24, 2.45) is 0 Å². The second kappa shape index (κ2) is 11.8. The Bertz CT molecular complexity index is 363. The van der Waals surface area contributed by atoms with Crippen LogP contribution in [0.25, 0.3) is 0 Å². The van der Waals surface area contributed by atoms with Crippen LogP contribution >= 0.6 is 0 Å². The fourth-order valence-electron chi connectivity index (χ4n) is 2.11. The molecule has 0 aliphatic heterocycles. The van der Waals surface area contributed by atoms with Crippen LogP contribution in [0.1, 0.15) is 13.8 Å². The maximum Gasteiger partial charge on any atom is 0.317 e. The molecule has 23 heavy (non-hydrogen) atoms. The third-order valence-electron chi connectivity index (χ3n) is 3.44. The minimum Gasteiger partial charge on any atom is -0.480 e. The fraction of sp³-hybridized carbons (Fsp3) is 0.786. The van der Waals surface area contributed by atoms with E-state index < -0.39 is 17.9 Å². The van der Waals surface area contributed by atoms with Gasteiger partial charge in [-0.3, -0.25) is 29.1 Å². The quantitative estimate of drug-likeness (QED) is 0.374. The second-order valence-corrected chi connectivity index (χ2v) is 5.19. The van der Waals surface area contributed by atoms with Crippen LogP contribution in [0, 0.1) is 0 Å². The lowest BCUT2D eigenvalue weighted by Crippen LogP contribution is -2.43. The molecule has 0 aliphatic rings. The van der Waals surface area contributed by atoms with Gasteiger partial charge in [-0.1, -0.05) is 13.8 Å². The van der Waals surface area contributed by atoms with Gasteiger partial charge < -0.3 is 15.3 Å². The third-order valence-corrected chi connectivity index (χ3v) is 3.44. The highest BCUT2D eigenvalue weighted by Crippen LogP contribution is 1.96. The maximum absolute atomic E-state index is 10.9. The SMILES string of the molecule is CCN(CCN(CCN(CC)CC(=O)O)CC(=O)O)CC(=O)O. The molecule has 0 aromatic carbocycles. The molecule has 9 heteroatoms. The van der Waals surface area contributed by atoms with Crippen molar-refractivity contribution in [3.63, 3.8) is 0 Å². The van der Waals surface area contributed by atoms with Crippen molar-refractivity contribution >= 4 is 17.9 Å². The highest BCUT2D eigenvalue weighted by Gasteiger charge is 2.15. The van der Waals surface area contributed by atoms with Gasteiger partial charge in [-0.15, -0.1) is 0 Å². The Hall–Kier alpha value is -1.71. The van der Waals surface area contributed by atoms with Crippen LogP contribution in [0.3, 0.4) is 0 Å². The van der Waals surface area contributed by atoms with Crippen molar-refractivity contribution in [2.45, 2.75) is 13.8 Å². The molecule has 3 N–H and O–H groups in total. The normalized spacial score (nSPS) is 11.3. The molecule has 0 bridgehead atoms. The molecule has 134 valence electrons. The van der Waals surface area contributed by atoms with Crippen LogP contribution in [-0.4, -0.2) is 107 Å². The first-order valence-electron chi connectivity index (χ1n) is 7.60. The summed E-state index contributed by atoms with van der Waals surface area (Å²) in [4.78, 5) is 37.5. The average Bonchev–Trinajstić information content (AvgIpc) is 2.45. The van der Waals surface area contributed by atoms with Crippen molar-refractivity contribution in [3.05, 3.63) is 0 Å². The number of rotatable bonds is 14. The van der Waals surface area contributed by atoms with Crippen molar-refractivity contribution in [3.8, 4) is 0 Å². The second-order valence-electron chi connectivity index (χ2n) is 5.19. The molecule has 0 atom stereocenters. The molecule has 0 aromatic heterocycles. The van der Waals surface area contributed by atoms with Gasteiger partial charge in [-0.25, -0.2) is 0 Å². The zero-order chi connectivity index (χ0) is 17.8. The molecule has 0 rings (SSSR count). The standard InChI is InChI=1S/C14H27N3O6/c1-3-15(9-12(18)19)5-7-17(11-14(22)23)8-6-16(4-2)10-13(20)21/h3-11H2,1-2H3,(H,18,19)(H,20,21)(H,22,23). The molecule has 0 saturated carbocycles. The number of carbonyl (C=O) groups is 3. The summed E-state index contributed by atoms with van der Waals surface area (Å²) in [6.45, 7) is 6.20. The van der Waals surface area contributed by atoms with Crippen LogP contribution in [0.15, 0.2) is 0 Å². The van der Waals surface area contributed by atoms with E-state index in [1.165, 1.54) is 0 Å². The topological polar surface area (TPSA) is 122 Å². The van der Waals surface area contributed by atoms with Crippen LogP contribution in [-0.2, 0) is 14.4 Å². The molecule has 0 saturated heterocycles. The maximum atomic E-state index is 10.9. The van der Waals surface area contributed by atoms with Gasteiger partial charge in [0.05, 0.1) is 19.6 Å². The van der Waals surface area contributed by atoms with Crippen molar-refractivity contribution in [1.82, 2.24) is 14.7 Å². The van der Waals surface area contributed by atoms with Crippen molar-refractivity contribution in [1.29, 1.82) is 0 Å². The average molecular weight is 333 g/mol. The number of hydrogen-bond acceptors (Lipinski definition) is 6. The molecule has 0 unspecified atom stereocenters. The number of likely N-dealkylation sites (N-methyl/N-ethyl adjacent to an activating group) is 2. The monoisotopic (exact) mass is 333 g/mol. The van der Waals surface area contributed by atoms with E-state index in [0.29, 0.717) is 39.3 Å². The number of aliphatic carboxylic acids is 3. The van der Waals surface area contributed by atoms with Gasteiger partial charge in [0.15, 0.2) is 0 Å².